The summed E-state index contributed by atoms with van der Waals surface area (Å²) in [7, 11) is 3.93. The van der Waals surface area contributed by atoms with Gasteiger partial charge in [-0.2, -0.15) is 4.98 Å². The third kappa shape index (κ3) is 8.88. The summed E-state index contributed by atoms with van der Waals surface area (Å²) in [6.45, 7) is 8.01. The number of hydrogen-bond acceptors (Lipinski definition) is 10. The van der Waals surface area contributed by atoms with Gasteiger partial charge in [0.2, 0.25) is 11.9 Å². The Morgan fingerprint density at radius 2 is 1.70 bits per heavy atom. The van der Waals surface area contributed by atoms with Gasteiger partial charge in [-0.15, -0.1) is 0 Å². The predicted molar refractivity (Wildman–Crippen MR) is 170 cm³/mol. The number of likely N-dealkylation sites (N-methyl/N-ethyl adjacent to an activating group) is 2. The van der Waals surface area contributed by atoms with Crippen molar-refractivity contribution in [3.05, 3.63) is 54.2 Å². The number of benzene rings is 2. The van der Waals surface area contributed by atoms with Crippen LogP contribution in [0.3, 0.4) is 0 Å². The zero-order chi connectivity index (χ0) is 32.9. The summed E-state index contributed by atoms with van der Waals surface area (Å²) in [5.74, 6) is 0.722. The van der Waals surface area contributed by atoms with Crippen molar-refractivity contribution >= 4 is 50.7 Å². The van der Waals surface area contributed by atoms with Gasteiger partial charge in [-0.05, 0) is 63.2 Å². The van der Waals surface area contributed by atoms with E-state index >= 15 is 0 Å². The average Bonchev–Trinajstić information content (AvgIpc) is 2.93. The van der Waals surface area contributed by atoms with Gasteiger partial charge in [-0.3, -0.25) is 9.59 Å². The van der Waals surface area contributed by atoms with Crippen molar-refractivity contribution in [3.63, 3.8) is 0 Å². The number of amides is 2. The van der Waals surface area contributed by atoms with E-state index in [0.717, 1.165) is 16.6 Å². The summed E-state index contributed by atoms with van der Waals surface area (Å²) in [6, 6.07) is 11.3. The SMILES string of the molecule is CCC(=O)NS(=O)(=O)c1ccc(Nc2ncc(C)c(Nc3ccc4c(c3)N(C)C(=O)C(C)(C)O4)n2)cc1.C[N+](C)(C)CCO. The van der Waals surface area contributed by atoms with Gasteiger partial charge >= 0.3 is 0 Å². The minimum Gasteiger partial charge on any atom is -0.476 e. The number of fused-ring (bicyclic) bond motifs is 1. The van der Waals surface area contributed by atoms with Crippen LogP contribution in [0.1, 0.15) is 32.8 Å². The molecule has 14 heteroatoms. The molecule has 1 aliphatic heterocycles. The first-order valence-electron chi connectivity index (χ1n) is 14.0. The monoisotopic (exact) mass is 628 g/mol. The largest absolute Gasteiger partial charge is 0.476 e. The van der Waals surface area contributed by atoms with Crippen LogP contribution in [0.2, 0.25) is 0 Å². The van der Waals surface area contributed by atoms with E-state index in [1.807, 2.05) is 23.8 Å². The highest BCUT2D eigenvalue weighted by atomic mass is 32.2. The van der Waals surface area contributed by atoms with E-state index in [1.165, 1.54) is 12.1 Å². The quantitative estimate of drug-likeness (QED) is 0.259. The fourth-order valence-electron chi connectivity index (χ4n) is 3.97. The molecular weight excluding hydrogens is 586 g/mol. The Labute approximate surface area is 258 Å². The first kappa shape index (κ1) is 34.2. The zero-order valence-corrected chi connectivity index (χ0v) is 27.2. The maximum atomic E-state index is 12.6. The van der Waals surface area contributed by atoms with Crippen molar-refractivity contribution in [2.24, 2.45) is 0 Å². The van der Waals surface area contributed by atoms with Crippen molar-refractivity contribution in [3.8, 4) is 5.75 Å². The number of aliphatic hydroxyl groups is 1. The molecule has 4 N–H and O–H groups in total. The fourth-order valence-corrected chi connectivity index (χ4v) is 5.02. The summed E-state index contributed by atoms with van der Waals surface area (Å²) in [5.41, 5.74) is 1.76. The number of carbonyl (C=O) groups excluding carboxylic acids is 2. The first-order chi connectivity index (χ1) is 20.5. The van der Waals surface area contributed by atoms with Crippen LogP contribution >= 0.6 is 0 Å². The van der Waals surface area contributed by atoms with Crippen LogP contribution in [0, 0.1) is 6.92 Å². The molecule has 0 radical (unpaired) electrons. The molecule has 0 spiro atoms. The number of carbonyl (C=O) groups is 2. The molecule has 238 valence electrons. The normalized spacial score (nSPS) is 14.0. The standard InChI is InChI=1S/C25H28N6O5S.C5H14NO/c1-6-21(32)30-37(34,35)18-10-7-16(8-11-18)28-24-26-14-15(2)22(29-24)27-17-9-12-20-19(13-17)31(5)23(33)25(3,4)36-20;1-6(2,3)4-5-7/h7-14H,6H2,1-5H3,(H,30,32)(H2,26,27,28,29);7H,4-5H2,1-3H3/q;+1. The Kier molecular flexibility index (Phi) is 10.6. The molecule has 0 saturated carbocycles. The second kappa shape index (κ2) is 13.6. The molecule has 0 unspecified atom stereocenters. The van der Waals surface area contributed by atoms with E-state index in [0.29, 0.717) is 34.6 Å². The molecule has 44 heavy (non-hydrogen) atoms. The summed E-state index contributed by atoms with van der Waals surface area (Å²) < 4.78 is 33.3. The highest BCUT2D eigenvalue weighted by molar-refractivity contribution is 7.90. The molecule has 0 fully saturated rings. The number of hydrogen-bond donors (Lipinski definition) is 4. The number of rotatable bonds is 9. The summed E-state index contributed by atoms with van der Waals surface area (Å²) in [6.07, 6.45) is 1.71. The van der Waals surface area contributed by atoms with Gasteiger partial charge in [0, 0.05) is 36.6 Å². The fraction of sp³-hybridized carbons (Fsp3) is 0.400. The second-order valence-electron chi connectivity index (χ2n) is 11.8. The van der Waals surface area contributed by atoms with Gasteiger partial charge in [-0.1, -0.05) is 6.92 Å². The highest BCUT2D eigenvalue weighted by Crippen LogP contribution is 2.39. The third-order valence-electron chi connectivity index (χ3n) is 6.50. The number of aromatic nitrogens is 2. The van der Waals surface area contributed by atoms with Gasteiger partial charge in [0.05, 0.1) is 38.3 Å². The molecule has 0 atom stereocenters. The lowest BCUT2D eigenvalue weighted by molar-refractivity contribution is -0.870. The molecule has 1 aliphatic rings. The maximum Gasteiger partial charge on any atom is 0.270 e. The van der Waals surface area contributed by atoms with Crippen molar-refractivity contribution < 1.29 is 32.3 Å². The van der Waals surface area contributed by atoms with Crippen LogP contribution in [0.5, 0.6) is 5.75 Å². The molecule has 2 aromatic carbocycles. The number of sulfonamides is 1. The van der Waals surface area contributed by atoms with Crippen LogP contribution in [0.25, 0.3) is 0 Å². The lowest BCUT2D eigenvalue weighted by Gasteiger charge is -2.37. The Hall–Kier alpha value is -4.27. The minimum absolute atomic E-state index is 0.0322. The van der Waals surface area contributed by atoms with Crippen molar-refractivity contribution in [1.29, 1.82) is 0 Å². The molecule has 4 rings (SSSR count). The minimum atomic E-state index is -3.93. The summed E-state index contributed by atoms with van der Waals surface area (Å²) in [5, 5.41) is 14.7. The Morgan fingerprint density at radius 1 is 1.07 bits per heavy atom. The van der Waals surface area contributed by atoms with E-state index in [-0.39, 0.29) is 23.8 Å². The topological polar surface area (TPSA) is 163 Å². The molecule has 0 saturated heterocycles. The van der Waals surface area contributed by atoms with E-state index in [2.05, 4.69) is 41.7 Å². The van der Waals surface area contributed by atoms with Crippen LogP contribution < -0.4 is 25.0 Å². The van der Waals surface area contributed by atoms with Gasteiger partial charge in [-0.25, -0.2) is 18.1 Å². The number of quaternary nitrogens is 1. The molecule has 13 nitrogen and oxygen atoms in total. The average molecular weight is 629 g/mol. The van der Waals surface area contributed by atoms with Gasteiger partial charge in [0.25, 0.3) is 15.9 Å². The van der Waals surface area contributed by atoms with E-state index in [1.54, 1.807) is 57.1 Å². The summed E-state index contributed by atoms with van der Waals surface area (Å²) >= 11 is 0. The Bertz CT molecular complexity index is 1600. The second-order valence-corrected chi connectivity index (χ2v) is 13.5. The summed E-state index contributed by atoms with van der Waals surface area (Å²) in [4.78, 5) is 34.4. The molecule has 2 heterocycles. The van der Waals surface area contributed by atoms with Crippen molar-refractivity contribution in [1.82, 2.24) is 14.7 Å². The molecule has 3 aromatic rings. The number of nitrogens with one attached hydrogen (secondary N) is 3. The predicted octanol–water partition coefficient (Wildman–Crippen LogP) is 3.31. The number of anilines is 5. The van der Waals surface area contributed by atoms with Crippen molar-refractivity contribution in [2.45, 2.75) is 44.6 Å². The smallest absolute Gasteiger partial charge is 0.270 e. The number of ether oxygens (including phenoxy) is 1. The van der Waals surface area contributed by atoms with Crippen LogP contribution in [0.15, 0.2) is 53.6 Å². The van der Waals surface area contributed by atoms with E-state index in [9.17, 15) is 18.0 Å². The molecule has 0 aliphatic carbocycles. The van der Waals surface area contributed by atoms with Crippen molar-refractivity contribution in [2.75, 3.05) is 56.9 Å². The zero-order valence-electron chi connectivity index (χ0n) is 26.4. The lowest BCUT2D eigenvalue weighted by atomic mass is 10.0. The Morgan fingerprint density at radius 3 is 2.27 bits per heavy atom. The number of aliphatic hydroxyl groups excluding tert-OH is 1. The van der Waals surface area contributed by atoms with Gasteiger partial charge < -0.3 is 29.9 Å². The van der Waals surface area contributed by atoms with Gasteiger partial charge in [0.15, 0.2) is 5.60 Å². The first-order valence-corrected chi connectivity index (χ1v) is 15.5. The third-order valence-corrected chi connectivity index (χ3v) is 7.89. The highest BCUT2D eigenvalue weighted by Gasteiger charge is 2.39. The van der Waals surface area contributed by atoms with Crippen LogP contribution in [0.4, 0.5) is 28.8 Å². The molecule has 1 aromatic heterocycles. The molecular formula is C30H42N7O6S+. The lowest BCUT2D eigenvalue weighted by Crippen LogP contribution is -2.50. The van der Waals surface area contributed by atoms with Crippen LogP contribution in [-0.2, 0) is 19.6 Å². The van der Waals surface area contributed by atoms with E-state index < -0.39 is 21.5 Å². The molecule has 0 bridgehead atoms. The number of aryl methyl sites for hydroxylation is 1. The molecule has 2 amide bonds. The Balaban J connectivity index is 0.000000676. The number of nitrogens with zero attached hydrogens (tertiary/aromatic N) is 4. The van der Waals surface area contributed by atoms with E-state index in [4.69, 9.17) is 9.84 Å². The van der Waals surface area contributed by atoms with Gasteiger partial charge in [0.1, 0.15) is 18.1 Å². The maximum absolute atomic E-state index is 12.6. The van der Waals surface area contributed by atoms with Crippen LogP contribution in [-0.4, -0.2) is 86.7 Å².